The Balaban J connectivity index is 1.56. The molecule has 3 aromatic rings. The van der Waals surface area contributed by atoms with E-state index in [9.17, 15) is 31.1 Å². The van der Waals surface area contributed by atoms with Crippen LogP contribution in [0.5, 0.6) is 0 Å². The molecule has 35 heavy (non-hydrogen) atoms. The van der Waals surface area contributed by atoms with Gasteiger partial charge in [0.1, 0.15) is 6.33 Å². The van der Waals surface area contributed by atoms with E-state index >= 15 is 0 Å². The zero-order chi connectivity index (χ0) is 25.2. The molecule has 2 heterocycles. The Morgan fingerprint density at radius 3 is 2.23 bits per heavy atom. The van der Waals surface area contributed by atoms with Crippen molar-refractivity contribution in [2.75, 3.05) is 13.1 Å². The predicted molar refractivity (Wildman–Crippen MR) is 113 cm³/mol. The Morgan fingerprint density at radius 2 is 1.66 bits per heavy atom. The van der Waals surface area contributed by atoms with Crippen LogP contribution in [0.15, 0.2) is 67.3 Å². The fourth-order valence-corrected chi connectivity index (χ4v) is 4.17. The number of piperidine rings is 1. The summed E-state index contributed by atoms with van der Waals surface area (Å²) in [6, 6.07) is 10.3. The van der Waals surface area contributed by atoms with Crippen LogP contribution in [-0.4, -0.2) is 39.7 Å². The quantitative estimate of drug-likeness (QED) is 0.418. The molecule has 4 rings (SSSR count). The standard InChI is InChI=1S/C24H21F6N3O2/c25-23(26,27)18-10-16(11-19(12-18)24(28,29)30)14-35-21-6-8-32(22(34)33-9-7-31-15-33)13-20(21)17-4-2-1-3-5-17/h1-5,7,9-12,15,20-21H,6,8,13-14H2. The second kappa shape index (κ2) is 9.73. The van der Waals surface area contributed by atoms with Crippen molar-refractivity contribution in [2.24, 2.45) is 0 Å². The summed E-state index contributed by atoms with van der Waals surface area (Å²) in [4.78, 5) is 18.3. The summed E-state index contributed by atoms with van der Waals surface area (Å²) in [7, 11) is 0. The molecule has 1 saturated heterocycles. The van der Waals surface area contributed by atoms with Crippen molar-refractivity contribution < 1.29 is 35.9 Å². The topological polar surface area (TPSA) is 47.4 Å². The molecule has 186 valence electrons. The monoisotopic (exact) mass is 497 g/mol. The number of hydrogen-bond donors (Lipinski definition) is 0. The Hall–Kier alpha value is -3.34. The summed E-state index contributed by atoms with van der Waals surface area (Å²) >= 11 is 0. The molecule has 1 aromatic heterocycles. The molecular formula is C24H21F6N3O2. The first-order chi connectivity index (χ1) is 16.5. The number of benzene rings is 2. The number of nitrogens with zero attached hydrogens (tertiary/aromatic N) is 3. The van der Waals surface area contributed by atoms with Gasteiger partial charge < -0.3 is 9.64 Å². The van der Waals surface area contributed by atoms with Crippen molar-refractivity contribution >= 4 is 6.03 Å². The number of carbonyl (C=O) groups is 1. The van der Waals surface area contributed by atoms with Crippen LogP contribution in [0, 0.1) is 0 Å². The van der Waals surface area contributed by atoms with E-state index in [0.29, 0.717) is 25.1 Å². The minimum Gasteiger partial charge on any atom is -0.373 e. The molecule has 0 aliphatic carbocycles. The Labute approximate surface area is 196 Å². The second-order valence-corrected chi connectivity index (χ2v) is 8.27. The summed E-state index contributed by atoms with van der Waals surface area (Å²) in [5.74, 6) is -0.328. The lowest BCUT2D eigenvalue weighted by atomic mass is 9.88. The lowest BCUT2D eigenvalue weighted by Gasteiger charge is -2.38. The maximum absolute atomic E-state index is 13.2. The number of aromatic nitrogens is 2. The molecule has 2 unspecified atom stereocenters. The number of ether oxygens (including phenoxy) is 1. The van der Waals surface area contributed by atoms with Crippen LogP contribution in [-0.2, 0) is 23.7 Å². The van der Waals surface area contributed by atoms with E-state index in [-0.39, 0.29) is 30.1 Å². The first-order valence-corrected chi connectivity index (χ1v) is 10.7. The highest BCUT2D eigenvalue weighted by Gasteiger charge is 2.38. The van der Waals surface area contributed by atoms with E-state index in [1.807, 2.05) is 30.3 Å². The van der Waals surface area contributed by atoms with Crippen LogP contribution in [0.25, 0.3) is 0 Å². The van der Waals surface area contributed by atoms with Crippen LogP contribution < -0.4 is 0 Å². The fraction of sp³-hybridized carbons (Fsp3) is 0.333. The molecule has 1 aliphatic heterocycles. The minimum absolute atomic E-state index is 0.0937. The molecule has 0 spiro atoms. The SMILES string of the molecule is O=C(N1CCC(OCc2cc(C(F)(F)F)cc(C(F)(F)F)c2)C(c2ccccc2)C1)n1ccnc1. The Kier molecular flexibility index (Phi) is 6.88. The van der Waals surface area contributed by atoms with Gasteiger partial charge in [-0.05, 0) is 35.7 Å². The molecule has 11 heteroatoms. The van der Waals surface area contributed by atoms with Gasteiger partial charge in [-0.15, -0.1) is 0 Å². The van der Waals surface area contributed by atoms with Gasteiger partial charge in [0, 0.05) is 31.4 Å². The van der Waals surface area contributed by atoms with Crippen molar-refractivity contribution in [3.8, 4) is 0 Å². The number of amides is 1. The van der Waals surface area contributed by atoms with Crippen molar-refractivity contribution in [3.63, 3.8) is 0 Å². The van der Waals surface area contributed by atoms with Gasteiger partial charge in [-0.3, -0.25) is 4.57 Å². The third-order valence-corrected chi connectivity index (χ3v) is 5.88. The minimum atomic E-state index is -4.93. The number of imidazole rings is 1. The van der Waals surface area contributed by atoms with Gasteiger partial charge in [-0.25, -0.2) is 9.78 Å². The number of rotatable bonds is 4. The van der Waals surface area contributed by atoms with E-state index in [0.717, 1.165) is 5.56 Å². The van der Waals surface area contributed by atoms with Gasteiger partial charge in [0.15, 0.2) is 0 Å². The zero-order valence-corrected chi connectivity index (χ0v) is 18.3. The van der Waals surface area contributed by atoms with Crippen molar-refractivity contribution in [3.05, 3.63) is 89.5 Å². The smallest absolute Gasteiger partial charge is 0.373 e. The van der Waals surface area contributed by atoms with Gasteiger partial charge in [0.25, 0.3) is 0 Å². The van der Waals surface area contributed by atoms with Crippen molar-refractivity contribution in [1.82, 2.24) is 14.5 Å². The average molecular weight is 497 g/mol. The molecule has 2 aromatic carbocycles. The third-order valence-electron chi connectivity index (χ3n) is 5.88. The number of alkyl halides is 6. The van der Waals surface area contributed by atoms with Crippen molar-refractivity contribution in [1.29, 1.82) is 0 Å². The number of likely N-dealkylation sites (tertiary alicyclic amines) is 1. The second-order valence-electron chi connectivity index (χ2n) is 8.27. The first kappa shape index (κ1) is 24.8. The maximum atomic E-state index is 13.2. The zero-order valence-electron chi connectivity index (χ0n) is 18.3. The molecular weight excluding hydrogens is 476 g/mol. The molecule has 2 atom stereocenters. The summed E-state index contributed by atoms with van der Waals surface area (Å²) in [5.41, 5.74) is -2.14. The van der Waals surface area contributed by atoms with Gasteiger partial charge >= 0.3 is 18.4 Å². The van der Waals surface area contributed by atoms with E-state index < -0.39 is 36.2 Å². The normalized spacial score (nSPS) is 19.1. The third kappa shape index (κ3) is 5.84. The average Bonchev–Trinajstić information content (AvgIpc) is 3.36. The van der Waals surface area contributed by atoms with Crippen LogP contribution >= 0.6 is 0 Å². The van der Waals surface area contributed by atoms with Crippen LogP contribution in [0.4, 0.5) is 31.1 Å². The Morgan fingerprint density at radius 1 is 1.00 bits per heavy atom. The van der Waals surface area contributed by atoms with Crippen LogP contribution in [0.3, 0.4) is 0 Å². The lowest BCUT2D eigenvalue weighted by molar-refractivity contribution is -0.143. The van der Waals surface area contributed by atoms with Gasteiger partial charge in [0.05, 0.1) is 23.8 Å². The highest BCUT2D eigenvalue weighted by atomic mass is 19.4. The molecule has 0 bridgehead atoms. The number of carbonyl (C=O) groups excluding carboxylic acids is 1. The lowest BCUT2D eigenvalue weighted by Crippen LogP contribution is -2.47. The summed E-state index contributed by atoms with van der Waals surface area (Å²) in [6.07, 6.45) is -5.64. The number of hydrogen-bond acceptors (Lipinski definition) is 3. The summed E-state index contributed by atoms with van der Waals surface area (Å²) < 4.78 is 86.4. The molecule has 0 saturated carbocycles. The molecule has 0 N–H and O–H groups in total. The van der Waals surface area contributed by atoms with Crippen LogP contribution in [0.2, 0.25) is 0 Å². The van der Waals surface area contributed by atoms with E-state index in [1.165, 1.54) is 23.3 Å². The molecule has 1 fully saturated rings. The van der Waals surface area contributed by atoms with Gasteiger partial charge in [-0.1, -0.05) is 30.3 Å². The van der Waals surface area contributed by atoms with E-state index in [2.05, 4.69) is 4.98 Å². The van der Waals surface area contributed by atoms with Gasteiger partial charge in [0.2, 0.25) is 0 Å². The largest absolute Gasteiger partial charge is 0.416 e. The molecule has 1 aliphatic rings. The molecule has 1 amide bonds. The van der Waals surface area contributed by atoms with Crippen molar-refractivity contribution in [2.45, 2.75) is 37.4 Å². The van der Waals surface area contributed by atoms with Crippen LogP contribution in [0.1, 0.15) is 34.6 Å². The summed E-state index contributed by atoms with van der Waals surface area (Å²) in [5, 5.41) is 0. The fourth-order valence-electron chi connectivity index (χ4n) is 4.17. The molecule has 5 nitrogen and oxygen atoms in total. The van der Waals surface area contributed by atoms with Gasteiger partial charge in [-0.2, -0.15) is 26.3 Å². The Bertz CT molecular complexity index is 1110. The predicted octanol–water partition coefficient (Wildman–Crippen LogP) is 5.96. The first-order valence-electron chi connectivity index (χ1n) is 10.7. The van der Waals surface area contributed by atoms with E-state index in [4.69, 9.17) is 4.74 Å². The molecule has 0 radical (unpaired) electrons. The maximum Gasteiger partial charge on any atom is 0.416 e. The highest BCUT2D eigenvalue weighted by molar-refractivity contribution is 5.76. The highest BCUT2D eigenvalue weighted by Crippen LogP contribution is 2.37. The van der Waals surface area contributed by atoms with E-state index in [1.54, 1.807) is 4.90 Å². The number of halogens is 6. The summed E-state index contributed by atoms with van der Waals surface area (Å²) in [6.45, 7) is 0.139.